The molecule has 0 aliphatic heterocycles. The Balaban J connectivity index is 2.38. The molecule has 0 fully saturated rings. The lowest BCUT2D eigenvalue weighted by Gasteiger charge is -2.01. The van der Waals surface area contributed by atoms with Crippen LogP contribution in [0.15, 0.2) is 45.9 Å². The number of ether oxygens (including phenoxy) is 1. The van der Waals surface area contributed by atoms with Crippen LogP contribution in [-0.2, 0) is 4.74 Å². The molecular formula is C13H11N3O3. The van der Waals surface area contributed by atoms with Gasteiger partial charge in [-0.25, -0.2) is 4.79 Å². The Morgan fingerprint density at radius 1 is 1.37 bits per heavy atom. The van der Waals surface area contributed by atoms with Crippen LogP contribution in [0.2, 0.25) is 0 Å². The molecular weight excluding hydrogens is 246 g/mol. The highest BCUT2D eigenvalue weighted by Gasteiger charge is 2.14. The van der Waals surface area contributed by atoms with Gasteiger partial charge in [0.25, 0.3) is 0 Å². The van der Waals surface area contributed by atoms with Crippen molar-refractivity contribution in [1.82, 2.24) is 0 Å². The second-order valence-electron chi connectivity index (χ2n) is 3.59. The van der Waals surface area contributed by atoms with Crippen molar-refractivity contribution in [3.05, 3.63) is 52.6 Å². The van der Waals surface area contributed by atoms with Crippen molar-refractivity contribution in [3.8, 4) is 11.3 Å². The Bertz CT molecular complexity index is 642. The van der Waals surface area contributed by atoms with Crippen molar-refractivity contribution in [2.24, 2.45) is 5.11 Å². The number of nitrogens with zero attached hydrogens (tertiary/aromatic N) is 3. The molecule has 0 saturated carbocycles. The van der Waals surface area contributed by atoms with Gasteiger partial charge in [-0.15, -0.1) is 0 Å². The summed E-state index contributed by atoms with van der Waals surface area (Å²) in [5.41, 5.74) is 9.57. The van der Waals surface area contributed by atoms with Gasteiger partial charge in [0.05, 0.1) is 6.61 Å². The maximum atomic E-state index is 11.5. The van der Waals surface area contributed by atoms with Crippen LogP contribution < -0.4 is 0 Å². The average molecular weight is 257 g/mol. The number of hydrogen-bond donors (Lipinski definition) is 0. The largest absolute Gasteiger partial charge is 0.460 e. The molecule has 0 bridgehead atoms. The Morgan fingerprint density at radius 2 is 2.16 bits per heavy atom. The van der Waals surface area contributed by atoms with Crippen molar-refractivity contribution < 1.29 is 13.9 Å². The molecule has 0 atom stereocenters. The average Bonchev–Trinajstić information content (AvgIpc) is 2.90. The molecule has 0 aliphatic carbocycles. The molecule has 1 heterocycles. The highest BCUT2D eigenvalue weighted by Crippen LogP contribution is 2.31. The van der Waals surface area contributed by atoms with Gasteiger partial charge in [-0.3, -0.25) is 0 Å². The van der Waals surface area contributed by atoms with Crippen LogP contribution in [0.4, 0.5) is 5.69 Å². The molecule has 6 nitrogen and oxygen atoms in total. The van der Waals surface area contributed by atoms with E-state index in [0.29, 0.717) is 17.0 Å². The standard InChI is InChI=1S/C13H11N3O3/c1-2-18-13(17)12-8-7-11(19-12)9-5-3-4-6-10(9)15-16-14/h3-8H,2H2,1H3. The van der Waals surface area contributed by atoms with Crippen molar-refractivity contribution in [3.63, 3.8) is 0 Å². The first-order chi connectivity index (χ1) is 9.26. The Hall–Kier alpha value is -2.72. The van der Waals surface area contributed by atoms with Crippen LogP contribution in [0.1, 0.15) is 17.5 Å². The molecule has 2 aromatic rings. The molecule has 2 rings (SSSR count). The van der Waals surface area contributed by atoms with E-state index in [9.17, 15) is 4.79 Å². The molecule has 1 aromatic carbocycles. The summed E-state index contributed by atoms with van der Waals surface area (Å²) in [7, 11) is 0. The van der Waals surface area contributed by atoms with Crippen molar-refractivity contribution in [2.75, 3.05) is 6.61 Å². The van der Waals surface area contributed by atoms with Gasteiger partial charge < -0.3 is 9.15 Å². The van der Waals surface area contributed by atoms with E-state index in [1.54, 1.807) is 37.3 Å². The number of benzene rings is 1. The summed E-state index contributed by atoms with van der Waals surface area (Å²) in [4.78, 5) is 14.3. The summed E-state index contributed by atoms with van der Waals surface area (Å²) in [5.74, 6) is 0.0497. The number of rotatable bonds is 4. The Labute approximate surface area is 109 Å². The zero-order valence-corrected chi connectivity index (χ0v) is 10.2. The molecule has 0 amide bonds. The summed E-state index contributed by atoms with van der Waals surface area (Å²) in [6.45, 7) is 2.00. The second-order valence-corrected chi connectivity index (χ2v) is 3.59. The van der Waals surface area contributed by atoms with Gasteiger partial charge in [0.2, 0.25) is 5.76 Å². The number of esters is 1. The quantitative estimate of drug-likeness (QED) is 0.358. The molecule has 0 N–H and O–H groups in total. The van der Waals surface area contributed by atoms with Crippen molar-refractivity contribution in [1.29, 1.82) is 0 Å². The van der Waals surface area contributed by atoms with Gasteiger partial charge in [-0.2, -0.15) is 0 Å². The van der Waals surface area contributed by atoms with Crippen LogP contribution in [0.3, 0.4) is 0 Å². The zero-order chi connectivity index (χ0) is 13.7. The van der Waals surface area contributed by atoms with Gasteiger partial charge in [-0.05, 0) is 24.6 Å². The normalized spacial score (nSPS) is 9.74. The molecule has 6 heteroatoms. The van der Waals surface area contributed by atoms with Gasteiger partial charge >= 0.3 is 5.97 Å². The highest BCUT2D eigenvalue weighted by molar-refractivity contribution is 5.87. The molecule has 0 unspecified atom stereocenters. The minimum atomic E-state index is -0.519. The lowest BCUT2D eigenvalue weighted by Crippen LogP contribution is -2.02. The predicted molar refractivity (Wildman–Crippen MR) is 68.9 cm³/mol. The van der Waals surface area contributed by atoms with Crippen LogP contribution in [0, 0.1) is 0 Å². The molecule has 0 spiro atoms. The molecule has 0 saturated heterocycles. The summed E-state index contributed by atoms with van der Waals surface area (Å²) < 4.78 is 10.3. The summed E-state index contributed by atoms with van der Waals surface area (Å²) in [6, 6.07) is 10.1. The van der Waals surface area contributed by atoms with E-state index in [1.165, 1.54) is 6.07 Å². The van der Waals surface area contributed by atoms with E-state index in [4.69, 9.17) is 14.7 Å². The van der Waals surface area contributed by atoms with Crippen molar-refractivity contribution >= 4 is 11.7 Å². The molecule has 0 aliphatic rings. The van der Waals surface area contributed by atoms with E-state index >= 15 is 0 Å². The van der Waals surface area contributed by atoms with E-state index in [1.807, 2.05) is 0 Å². The lowest BCUT2D eigenvalue weighted by atomic mass is 10.1. The lowest BCUT2D eigenvalue weighted by molar-refractivity contribution is 0.0491. The SMILES string of the molecule is CCOC(=O)c1ccc(-c2ccccc2N=[N+]=[N-])o1. The second kappa shape index (κ2) is 5.75. The topological polar surface area (TPSA) is 88.2 Å². The third kappa shape index (κ3) is 2.75. The number of carbonyl (C=O) groups is 1. The van der Waals surface area contributed by atoms with Crippen LogP contribution in [0.5, 0.6) is 0 Å². The fourth-order valence-corrected chi connectivity index (χ4v) is 1.61. The van der Waals surface area contributed by atoms with Crippen LogP contribution >= 0.6 is 0 Å². The Morgan fingerprint density at radius 3 is 2.89 bits per heavy atom. The zero-order valence-electron chi connectivity index (χ0n) is 10.2. The maximum absolute atomic E-state index is 11.5. The molecule has 0 radical (unpaired) electrons. The van der Waals surface area contributed by atoms with Crippen LogP contribution in [0.25, 0.3) is 21.8 Å². The van der Waals surface area contributed by atoms with Gasteiger partial charge in [0.1, 0.15) is 5.76 Å². The smallest absolute Gasteiger partial charge is 0.374 e. The number of carbonyl (C=O) groups excluding carboxylic acids is 1. The Kier molecular flexibility index (Phi) is 3.85. The van der Waals surface area contributed by atoms with E-state index < -0.39 is 5.97 Å². The predicted octanol–water partition coefficient (Wildman–Crippen LogP) is 4.07. The number of azide groups is 1. The highest BCUT2D eigenvalue weighted by atomic mass is 16.5. The van der Waals surface area contributed by atoms with Crippen LogP contribution in [-0.4, -0.2) is 12.6 Å². The summed E-state index contributed by atoms with van der Waals surface area (Å²) in [5, 5.41) is 3.58. The third-order valence-electron chi connectivity index (χ3n) is 2.40. The molecule has 96 valence electrons. The first-order valence-electron chi connectivity index (χ1n) is 5.67. The summed E-state index contributed by atoms with van der Waals surface area (Å²) in [6.07, 6.45) is 0. The first-order valence-corrected chi connectivity index (χ1v) is 5.67. The number of hydrogen-bond acceptors (Lipinski definition) is 4. The maximum Gasteiger partial charge on any atom is 0.374 e. The minimum absolute atomic E-state index is 0.118. The minimum Gasteiger partial charge on any atom is -0.460 e. The fourth-order valence-electron chi connectivity index (χ4n) is 1.61. The third-order valence-corrected chi connectivity index (χ3v) is 2.40. The monoisotopic (exact) mass is 257 g/mol. The van der Waals surface area contributed by atoms with E-state index in [-0.39, 0.29) is 12.4 Å². The van der Waals surface area contributed by atoms with E-state index in [0.717, 1.165) is 0 Å². The van der Waals surface area contributed by atoms with E-state index in [2.05, 4.69) is 10.0 Å². The van der Waals surface area contributed by atoms with Gasteiger partial charge in [-0.1, -0.05) is 29.4 Å². The summed E-state index contributed by atoms with van der Waals surface area (Å²) >= 11 is 0. The van der Waals surface area contributed by atoms with Gasteiger partial charge in [0, 0.05) is 16.2 Å². The molecule has 1 aromatic heterocycles. The first kappa shape index (κ1) is 12.7. The fraction of sp³-hybridized carbons (Fsp3) is 0.154. The number of furan rings is 1. The van der Waals surface area contributed by atoms with Gasteiger partial charge in [0.15, 0.2) is 0 Å². The molecule has 19 heavy (non-hydrogen) atoms. The van der Waals surface area contributed by atoms with Crippen molar-refractivity contribution in [2.45, 2.75) is 6.92 Å².